The van der Waals surface area contributed by atoms with Crippen LogP contribution in [-0.2, 0) is 15.7 Å². The summed E-state index contributed by atoms with van der Waals surface area (Å²) in [6.07, 6.45) is 10.6. The second-order valence-corrected chi connectivity index (χ2v) is 19.2. The quantitative estimate of drug-likeness (QED) is 0.134. The van der Waals surface area contributed by atoms with Gasteiger partial charge in [0.2, 0.25) is 0 Å². The van der Waals surface area contributed by atoms with Gasteiger partial charge in [0.25, 0.3) is 0 Å². The van der Waals surface area contributed by atoms with E-state index in [1.165, 1.54) is 12.8 Å². The van der Waals surface area contributed by atoms with Crippen molar-refractivity contribution in [2.75, 3.05) is 11.5 Å². The van der Waals surface area contributed by atoms with Gasteiger partial charge in [-0.05, 0) is 0 Å². The third-order valence-electron chi connectivity index (χ3n) is 6.12. The van der Waals surface area contributed by atoms with Gasteiger partial charge in [0.05, 0.1) is 0 Å². The number of hydrogen-bond acceptors (Lipinski definition) is 6. The van der Waals surface area contributed by atoms with Crippen LogP contribution in [0.15, 0.2) is 0 Å². The van der Waals surface area contributed by atoms with Crippen molar-refractivity contribution < 1.29 is 15.7 Å². The van der Waals surface area contributed by atoms with Gasteiger partial charge in [-0.1, -0.05) is 0 Å². The normalized spacial score (nSPS) is 15.7. The average molecular weight is 583 g/mol. The van der Waals surface area contributed by atoms with Crippen LogP contribution in [0.1, 0.15) is 91.9 Å². The van der Waals surface area contributed by atoms with E-state index >= 15 is 0 Å². The van der Waals surface area contributed by atoms with Crippen LogP contribution in [0.5, 0.6) is 0 Å². The van der Waals surface area contributed by atoms with Crippen molar-refractivity contribution in [3.05, 3.63) is 0 Å². The molecule has 0 saturated heterocycles. The Kier molecular flexibility index (Phi) is 18.1. The second kappa shape index (κ2) is 17.9. The number of carbonyl (C=O) groups excluding carboxylic acids is 2. The number of hydrogen-bond donors (Lipinski definition) is 2. The standard InChI is InChI=1S/2C11H22O2S.2CH3.Sn/c2*1-3-5-6-9(4-2)7-10(8-14)11(12)13;;;/h2*9-10,14H,3-8H2,1-2H3,(H,12,13);2*1H3;/q;;;;+2/p-2. The fourth-order valence-electron chi connectivity index (χ4n) is 3.93. The first kappa shape index (κ1) is 31.4. The average Bonchev–Trinajstić information content (AvgIpc) is 2.73. The first-order valence-corrected chi connectivity index (χ1v) is 21.6. The van der Waals surface area contributed by atoms with Gasteiger partial charge in [0, 0.05) is 0 Å². The third-order valence-corrected chi connectivity index (χ3v) is 11.0. The minimum absolute atomic E-state index is 0.237. The molecule has 0 spiro atoms. The van der Waals surface area contributed by atoms with Crippen LogP contribution in [0.3, 0.4) is 0 Å². The topological polar surface area (TPSA) is 52.6 Å². The fraction of sp³-hybridized carbons (Fsp3) is 0.917. The SMILES string of the molecule is CCCCC(CC)CC(CS)C(=O)[O][Sn]([CH3])([CH3])[O]C(=O)C(CS)CC(CC)CCCC. The van der Waals surface area contributed by atoms with Gasteiger partial charge >= 0.3 is 209 Å². The summed E-state index contributed by atoms with van der Waals surface area (Å²) < 4.78 is 11.7. The maximum absolute atomic E-state index is 12.9. The molecule has 4 atom stereocenters. The van der Waals surface area contributed by atoms with Crippen molar-refractivity contribution >= 4 is 56.4 Å². The first-order valence-electron chi connectivity index (χ1n) is 12.3. The summed E-state index contributed by atoms with van der Waals surface area (Å²) in [4.78, 5) is 29.4. The van der Waals surface area contributed by atoms with Crippen molar-refractivity contribution in [3.63, 3.8) is 0 Å². The van der Waals surface area contributed by atoms with Crippen molar-refractivity contribution in [1.82, 2.24) is 0 Å². The van der Waals surface area contributed by atoms with E-state index in [0.29, 0.717) is 23.3 Å². The van der Waals surface area contributed by atoms with E-state index in [1.54, 1.807) is 0 Å². The summed E-state index contributed by atoms with van der Waals surface area (Å²) in [7, 11) is 0. The molecule has 184 valence electrons. The van der Waals surface area contributed by atoms with E-state index < -0.39 is 19.2 Å². The Morgan fingerprint density at radius 1 is 0.742 bits per heavy atom. The predicted octanol–water partition coefficient (Wildman–Crippen LogP) is 7.08. The molecular weight excluding hydrogens is 535 g/mol. The molecule has 0 aromatic heterocycles. The zero-order valence-electron chi connectivity index (χ0n) is 20.8. The molecule has 31 heavy (non-hydrogen) atoms. The Hall–Kier alpha value is 0.439. The van der Waals surface area contributed by atoms with Crippen LogP contribution < -0.4 is 0 Å². The van der Waals surface area contributed by atoms with Crippen LogP contribution in [0, 0.1) is 23.7 Å². The van der Waals surface area contributed by atoms with E-state index in [4.69, 9.17) is 6.15 Å². The monoisotopic (exact) mass is 584 g/mol. The molecule has 0 aliphatic rings. The first-order chi connectivity index (χ1) is 14.7. The Bertz CT molecular complexity index is 460. The molecule has 0 heterocycles. The second-order valence-electron chi connectivity index (χ2n) is 9.31. The molecule has 0 aromatic carbocycles. The Balaban J connectivity index is 4.91. The van der Waals surface area contributed by atoms with E-state index in [0.717, 1.165) is 51.4 Å². The summed E-state index contributed by atoms with van der Waals surface area (Å²) in [5, 5.41) is 0. The summed E-state index contributed by atoms with van der Waals surface area (Å²) in [6.45, 7) is 8.72. The van der Waals surface area contributed by atoms with E-state index in [2.05, 4.69) is 53.0 Å². The van der Waals surface area contributed by atoms with Crippen molar-refractivity contribution in [2.45, 2.75) is 102 Å². The Morgan fingerprint density at radius 3 is 1.35 bits per heavy atom. The van der Waals surface area contributed by atoms with Gasteiger partial charge in [-0.15, -0.1) is 0 Å². The number of rotatable bonds is 18. The molecular formula is C24H48O4S2Sn. The molecule has 0 amide bonds. The van der Waals surface area contributed by atoms with Gasteiger partial charge in [0.1, 0.15) is 0 Å². The van der Waals surface area contributed by atoms with Gasteiger partial charge in [-0.2, -0.15) is 0 Å². The van der Waals surface area contributed by atoms with Gasteiger partial charge in [0.15, 0.2) is 0 Å². The molecule has 4 nitrogen and oxygen atoms in total. The molecule has 4 unspecified atom stereocenters. The van der Waals surface area contributed by atoms with Crippen molar-refractivity contribution in [3.8, 4) is 0 Å². The number of unbranched alkanes of at least 4 members (excludes halogenated alkanes) is 2. The molecule has 0 fully saturated rings. The molecule has 0 radical (unpaired) electrons. The summed E-state index contributed by atoms with van der Waals surface area (Å²) >= 11 is 5.05. The molecule has 0 N–H and O–H groups in total. The number of carbonyl (C=O) groups is 2. The molecule has 0 aliphatic heterocycles. The van der Waals surface area contributed by atoms with Crippen LogP contribution in [0.2, 0.25) is 9.88 Å². The van der Waals surface area contributed by atoms with Crippen LogP contribution in [0.4, 0.5) is 0 Å². The Labute approximate surface area is 208 Å². The molecule has 0 aliphatic carbocycles. The number of thiol groups is 2. The Morgan fingerprint density at radius 2 is 1.10 bits per heavy atom. The van der Waals surface area contributed by atoms with Crippen LogP contribution in [-0.4, -0.2) is 42.6 Å². The summed E-state index contributed by atoms with van der Waals surface area (Å²) in [6, 6.07) is 0. The summed E-state index contributed by atoms with van der Waals surface area (Å²) in [5.74, 6) is 0.989. The predicted molar refractivity (Wildman–Crippen MR) is 140 cm³/mol. The molecule has 0 saturated carbocycles. The zero-order valence-corrected chi connectivity index (χ0v) is 25.5. The van der Waals surface area contributed by atoms with Gasteiger partial charge in [-0.3, -0.25) is 0 Å². The van der Waals surface area contributed by atoms with Crippen molar-refractivity contribution in [1.29, 1.82) is 0 Å². The van der Waals surface area contributed by atoms with E-state index in [-0.39, 0.29) is 23.8 Å². The van der Waals surface area contributed by atoms with Crippen LogP contribution in [0.25, 0.3) is 0 Å². The third kappa shape index (κ3) is 13.7. The van der Waals surface area contributed by atoms with E-state index in [1.807, 2.05) is 9.88 Å². The van der Waals surface area contributed by atoms with Gasteiger partial charge < -0.3 is 0 Å². The zero-order chi connectivity index (χ0) is 23.9. The fourth-order valence-corrected chi connectivity index (χ4v) is 8.36. The molecule has 0 rings (SSSR count). The maximum atomic E-state index is 12.9. The van der Waals surface area contributed by atoms with Crippen molar-refractivity contribution in [2.24, 2.45) is 23.7 Å². The molecule has 0 bridgehead atoms. The molecule has 7 heteroatoms. The van der Waals surface area contributed by atoms with E-state index in [9.17, 15) is 9.59 Å². The van der Waals surface area contributed by atoms with Gasteiger partial charge in [-0.25, -0.2) is 0 Å². The van der Waals surface area contributed by atoms with Crippen LogP contribution >= 0.6 is 25.3 Å². The minimum atomic E-state index is -3.76. The molecule has 0 aromatic rings. The summed E-state index contributed by atoms with van der Waals surface area (Å²) in [5.41, 5.74) is 0.